The first kappa shape index (κ1) is 18.0. The molecule has 8 nitrogen and oxygen atoms in total. The predicted octanol–water partition coefficient (Wildman–Crippen LogP) is 2.20. The average Bonchev–Trinajstić information content (AvgIpc) is 3.45. The van der Waals surface area contributed by atoms with Crippen molar-refractivity contribution in [2.24, 2.45) is 0 Å². The lowest BCUT2D eigenvalue weighted by Crippen LogP contribution is -2.32. The number of nitrogens with one attached hydrogen (secondary N) is 1. The summed E-state index contributed by atoms with van der Waals surface area (Å²) in [6.45, 7) is 3.18. The number of benzene rings is 1. The molecule has 0 aliphatic carbocycles. The smallest absolute Gasteiger partial charge is 0.293 e. The number of hydrogen-bond acceptors (Lipinski definition) is 6. The Bertz CT molecular complexity index is 1030. The number of carbonyl (C=O) groups is 1. The fraction of sp³-hybridized carbons (Fsp3) is 0.400. The Hall–Kier alpha value is -3.07. The zero-order valence-electron chi connectivity index (χ0n) is 15.8. The number of nitrogens with zero attached hydrogens (tertiary/aromatic N) is 5. The topological polar surface area (TPSA) is 89.1 Å². The van der Waals surface area contributed by atoms with Crippen molar-refractivity contribution >= 4 is 5.91 Å². The summed E-state index contributed by atoms with van der Waals surface area (Å²) in [6.07, 6.45) is 2.57. The van der Waals surface area contributed by atoms with E-state index in [1.54, 1.807) is 23.1 Å². The van der Waals surface area contributed by atoms with Crippen LogP contribution in [0.15, 0.2) is 34.9 Å². The highest BCUT2D eigenvalue weighted by molar-refractivity contribution is 5.92. The van der Waals surface area contributed by atoms with E-state index in [-0.39, 0.29) is 23.5 Å². The van der Waals surface area contributed by atoms with Gasteiger partial charge in [0.1, 0.15) is 17.3 Å². The minimum Gasteiger partial charge on any atom is -0.350 e. The quantitative estimate of drug-likeness (QED) is 0.730. The number of rotatable bonds is 3. The highest BCUT2D eigenvalue weighted by atomic mass is 19.1. The number of likely N-dealkylation sites (tertiary alicyclic amines) is 1. The summed E-state index contributed by atoms with van der Waals surface area (Å²) in [6, 6.07) is 7.42. The molecule has 0 bridgehead atoms. The Morgan fingerprint density at radius 1 is 1.17 bits per heavy atom. The number of carbonyl (C=O) groups excluding carboxylic acids is 1. The van der Waals surface area contributed by atoms with E-state index in [1.165, 1.54) is 12.1 Å². The van der Waals surface area contributed by atoms with Gasteiger partial charge >= 0.3 is 0 Å². The average molecular weight is 396 g/mol. The molecular weight excluding hydrogens is 375 g/mol. The molecule has 1 fully saturated rings. The molecule has 0 unspecified atom stereocenters. The Morgan fingerprint density at radius 2 is 2.03 bits per heavy atom. The SMILES string of the molecule is O=C(c1cc(-c2ccc(F)cc2)no1)N1CCC[C@H]1c1nnc2n1CCNCC2. The van der Waals surface area contributed by atoms with E-state index >= 15 is 0 Å². The summed E-state index contributed by atoms with van der Waals surface area (Å²) in [5.74, 6) is 1.44. The first-order valence-corrected chi connectivity index (χ1v) is 9.87. The maximum absolute atomic E-state index is 13.1. The molecule has 3 aromatic rings. The van der Waals surface area contributed by atoms with Crippen LogP contribution in [-0.4, -0.2) is 50.4 Å². The molecule has 0 radical (unpaired) electrons. The zero-order chi connectivity index (χ0) is 19.8. The van der Waals surface area contributed by atoms with E-state index in [0.717, 1.165) is 50.5 Å². The molecule has 1 atom stereocenters. The number of aromatic nitrogens is 4. The van der Waals surface area contributed by atoms with Gasteiger partial charge in [0.25, 0.3) is 5.91 Å². The molecule has 0 spiro atoms. The van der Waals surface area contributed by atoms with Crippen molar-refractivity contribution < 1.29 is 13.7 Å². The van der Waals surface area contributed by atoms with Crippen molar-refractivity contribution in [1.82, 2.24) is 30.1 Å². The third kappa shape index (κ3) is 3.31. The maximum Gasteiger partial charge on any atom is 0.293 e. The second-order valence-electron chi connectivity index (χ2n) is 7.37. The van der Waals surface area contributed by atoms with Crippen molar-refractivity contribution in [3.8, 4) is 11.3 Å². The molecule has 9 heteroatoms. The van der Waals surface area contributed by atoms with Crippen molar-refractivity contribution in [2.75, 3.05) is 19.6 Å². The van der Waals surface area contributed by atoms with E-state index < -0.39 is 0 Å². The van der Waals surface area contributed by atoms with Crippen molar-refractivity contribution in [2.45, 2.75) is 31.8 Å². The molecular formula is C20H21FN6O2. The van der Waals surface area contributed by atoms with E-state index in [9.17, 15) is 9.18 Å². The Kier molecular flexibility index (Phi) is 4.59. The van der Waals surface area contributed by atoms with Gasteiger partial charge in [-0.3, -0.25) is 4.79 Å². The van der Waals surface area contributed by atoms with Gasteiger partial charge in [-0.05, 0) is 37.1 Å². The molecule has 1 N–H and O–H groups in total. The Labute approximate surface area is 166 Å². The van der Waals surface area contributed by atoms with Gasteiger partial charge in [0.15, 0.2) is 5.82 Å². The fourth-order valence-electron chi connectivity index (χ4n) is 4.09. The van der Waals surface area contributed by atoms with Crippen molar-refractivity contribution in [3.63, 3.8) is 0 Å². The van der Waals surface area contributed by atoms with Gasteiger partial charge in [-0.25, -0.2) is 4.39 Å². The number of halogens is 1. The Balaban J connectivity index is 1.40. The van der Waals surface area contributed by atoms with Crippen LogP contribution in [0, 0.1) is 5.82 Å². The van der Waals surface area contributed by atoms with Crippen LogP contribution in [0.2, 0.25) is 0 Å². The largest absolute Gasteiger partial charge is 0.350 e. The highest BCUT2D eigenvalue weighted by Gasteiger charge is 2.36. The third-order valence-electron chi connectivity index (χ3n) is 5.57. The van der Waals surface area contributed by atoms with Crippen LogP contribution < -0.4 is 5.32 Å². The second kappa shape index (κ2) is 7.40. The molecule has 1 aromatic carbocycles. The lowest BCUT2D eigenvalue weighted by molar-refractivity contribution is 0.0685. The van der Waals surface area contributed by atoms with Gasteiger partial charge in [-0.1, -0.05) is 5.16 Å². The van der Waals surface area contributed by atoms with Crippen LogP contribution in [0.4, 0.5) is 4.39 Å². The molecule has 4 heterocycles. The maximum atomic E-state index is 13.1. The lowest BCUT2D eigenvalue weighted by atomic mass is 10.1. The number of hydrogen-bond donors (Lipinski definition) is 1. The molecule has 29 heavy (non-hydrogen) atoms. The number of fused-ring (bicyclic) bond motifs is 1. The van der Waals surface area contributed by atoms with Crippen molar-refractivity contribution in [3.05, 3.63) is 53.6 Å². The van der Waals surface area contributed by atoms with Gasteiger partial charge < -0.3 is 19.3 Å². The third-order valence-corrected chi connectivity index (χ3v) is 5.57. The van der Waals surface area contributed by atoms with Gasteiger partial charge in [-0.2, -0.15) is 0 Å². The summed E-state index contributed by atoms with van der Waals surface area (Å²) >= 11 is 0. The standard InChI is InChI=1S/C20H21FN6O2/c21-14-5-3-13(4-6-14)15-12-17(29-25-15)20(28)26-10-1-2-16(26)19-24-23-18-7-8-22-9-11-27(18)19/h3-6,12,16,22H,1-2,7-11H2/t16-/m0/s1. The van der Waals surface area contributed by atoms with Crippen LogP contribution in [0.5, 0.6) is 0 Å². The van der Waals surface area contributed by atoms with E-state index in [1.807, 2.05) is 0 Å². The van der Waals surface area contributed by atoms with Crippen LogP contribution in [0.3, 0.4) is 0 Å². The fourth-order valence-corrected chi connectivity index (χ4v) is 4.09. The van der Waals surface area contributed by atoms with Crippen LogP contribution in [0.1, 0.15) is 41.1 Å². The summed E-state index contributed by atoms with van der Waals surface area (Å²) in [7, 11) is 0. The van der Waals surface area contributed by atoms with Gasteiger partial charge in [0.05, 0.1) is 6.04 Å². The Morgan fingerprint density at radius 3 is 2.90 bits per heavy atom. The summed E-state index contributed by atoms with van der Waals surface area (Å²) in [5, 5.41) is 16.1. The predicted molar refractivity (Wildman–Crippen MR) is 102 cm³/mol. The van der Waals surface area contributed by atoms with Gasteiger partial charge in [-0.15, -0.1) is 10.2 Å². The summed E-state index contributed by atoms with van der Waals surface area (Å²) in [5.41, 5.74) is 1.20. The van der Waals surface area contributed by atoms with Crippen molar-refractivity contribution in [1.29, 1.82) is 0 Å². The van der Waals surface area contributed by atoms with E-state index in [2.05, 4.69) is 25.2 Å². The normalized spacial score (nSPS) is 19.2. The van der Waals surface area contributed by atoms with Gasteiger partial charge in [0.2, 0.25) is 5.76 Å². The molecule has 2 aliphatic rings. The zero-order valence-corrected chi connectivity index (χ0v) is 15.8. The molecule has 0 saturated carbocycles. The molecule has 1 saturated heterocycles. The molecule has 2 aromatic heterocycles. The highest BCUT2D eigenvalue weighted by Crippen LogP contribution is 2.33. The minimum absolute atomic E-state index is 0.124. The molecule has 5 rings (SSSR count). The van der Waals surface area contributed by atoms with E-state index in [4.69, 9.17) is 4.52 Å². The summed E-state index contributed by atoms with van der Waals surface area (Å²) < 4.78 is 20.6. The van der Waals surface area contributed by atoms with E-state index in [0.29, 0.717) is 17.8 Å². The monoisotopic (exact) mass is 396 g/mol. The molecule has 2 aliphatic heterocycles. The first-order valence-electron chi connectivity index (χ1n) is 9.87. The van der Waals surface area contributed by atoms with Crippen LogP contribution in [-0.2, 0) is 13.0 Å². The van der Waals surface area contributed by atoms with Gasteiger partial charge in [0, 0.05) is 44.2 Å². The summed E-state index contributed by atoms with van der Waals surface area (Å²) in [4.78, 5) is 14.9. The van der Waals surface area contributed by atoms with Crippen LogP contribution in [0.25, 0.3) is 11.3 Å². The minimum atomic E-state index is -0.323. The lowest BCUT2D eigenvalue weighted by Gasteiger charge is -2.23. The first-order chi connectivity index (χ1) is 14.2. The molecule has 150 valence electrons. The second-order valence-corrected chi connectivity index (χ2v) is 7.37. The number of amides is 1. The molecule has 1 amide bonds. The van der Waals surface area contributed by atoms with Crippen LogP contribution >= 0.6 is 0 Å².